The van der Waals surface area contributed by atoms with Gasteiger partial charge in [0, 0.05) is 25.2 Å². The number of rotatable bonds is 6. The molecule has 5 rings (SSSR count). The molecule has 7 heteroatoms. The molecule has 2 aromatic heterocycles. The minimum absolute atomic E-state index is 0.0197. The number of anilines is 1. The number of carbonyl (C=O) groups excluding carboxylic acids is 1. The van der Waals surface area contributed by atoms with Gasteiger partial charge in [-0.1, -0.05) is 41.9 Å². The summed E-state index contributed by atoms with van der Waals surface area (Å²) in [4.78, 5) is 24.5. The molecule has 2 fully saturated rings. The number of nitrogens with zero attached hydrogens (tertiary/aromatic N) is 4. The van der Waals surface area contributed by atoms with E-state index in [0.717, 1.165) is 55.1 Å². The fraction of sp³-hybridized carbons (Fsp3) is 0.440. The first-order valence-electron chi connectivity index (χ1n) is 11.6. The van der Waals surface area contributed by atoms with Crippen molar-refractivity contribution in [2.75, 3.05) is 18.0 Å². The van der Waals surface area contributed by atoms with Gasteiger partial charge in [-0.05, 0) is 50.3 Å². The zero-order chi connectivity index (χ0) is 21.9. The van der Waals surface area contributed by atoms with Crippen molar-refractivity contribution in [3.8, 4) is 11.4 Å². The third-order valence-corrected chi connectivity index (χ3v) is 6.67. The molecule has 2 atom stereocenters. The number of nitrogens with one attached hydrogen (secondary N) is 1. The van der Waals surface area contributed by atoms with Crippen molar-refractivity contribution in [1.29, 1.82) is 0 Å². The Morgan fingerprint density at radius 2 is 1.97 bits per heavy atom. The molecule has 2 aliphatic rings. The lowest BCUT2D eigenvalue weighted by Gasteiger charge is -2.34. The largest absolute Gasteiger partial charge is 0.355 e. The monoisotopic (exact) mass is 431 g/mol. The van der Waals surface area contributed by atoms with Crippen LogP contribution in [0, 0.1) is 5.92 Å². The standard InChI is InChI=1S/C25H29N5O2/c1-17(18-8-3-2-4-9-18)27-24(31)20-12-7-15-30(16-20)23-21(13-6-14-26-23)22-28-25(32-29-22)19-10-5-11-19/h2-4,6,8-9,13-14,17,19-20H,5,7,10-12,15-16H2,1H3,(H,27,31)/t17-,20-/m1/s1. The summed E-state index contributed by atoms with van der Waals surface area (Å²) in [7, 11) is 0. The third-order valence-electron chi connectivity index (χ3n) is 6.67. The Morgan fingerprint density at radius 1 is 1.12 bits per heavy atom. The van der Waals surface area contributed by atoms with Gasteiger partial charge in [0.2, 0.25) is 17.6 Å². The second kappa shape index (κ2) is 9.10. The molecular weight excluding hydrogens is 402 g/mol. The summed E-state index contributed by atoms with van der Waals surface area (Å²) in [6, 6.07) is 13.9. The topological polar surface area (TPSA) is 84.2 Å². The van der Waals surface area contributed by atoms with Crippen LogP contribution in [-0.4, -0.2) is 34.1 Å². The van der Waals surface area contributed by atoms with Crippen molar-refractivity contribution in [3.05, 3.63) is 60.1 Å². The van der Waals surface area contributed by atoms with Gasteiger partial charge in [0.25, 0.3) is 0 Å². The summed E-state index contributed by atoms with van der Waals surface area (Å²) in [5, 5.41) is 7.43. The van der Waals surface area contributed by atoms with Crippen LogP contribution >= 0.6 is 0 Å². The molecule has 1 saturated carbocycles. The number of piperidine rings is 1. The van der Waals surface area contributed by atoms with E-state index in [1.165, 1.54) is 6.42 Å². The van der Waals surface area contributed by atoms with Gasteiger partial charge in [0.05, 0.1) is 17.5 Å². The summed E-state index contributed by atoms with van der Waals surface area (Å²) in [6.45, 7) is 3.51. The van der Waals surface area contributed by atoms with E-state index in [1.54, 1.807) is 6.20 Å². The molecule has 1 saturated heterocycles. The number of aromatic nitrogens is 3. The maximum absolute atomic E-state index is 13.0. The van der Waals surface area contributed by atoms with Gasteiger partial charge in [-0.3, -0.25) is 4.79 Å². The number of pyridine rings is 1. The molecule has 1 aromatic carbocycles. The van der Waals surface area contributed by atoms with Crippen molar-refractivity contribution in [1.82, 2.24) is 20.4 Å². The Hall–Kier alpha value is -3.22. The lowest BCUT2D eigenvalue weighted by molar-refractivity contribution is -0.125. The first-order valence-corrected chi connectivity index (χ1v) is 11.6. The summed E-state index contributed by atoms with van der Waals surface area (Å²) >= 11 is 0. The molecule has 166 valence electrons. The van der Waals surface area contributed by atoms with Crippen LogP contribution in [0.3, 0.4) is 0 Å². The van der Waals surface area contributed by atoms with Gasteiger partial charge in [0.15, 0.2) is 0 Å². The van der Waals surface area contributed by atoms with Crippen LogP contribution in [-0.2, 0) is 4.79 Å². The van der Waals surface area contributed by atoms with Crippen molar-refractivity contribution in [2.45, 2.75) is 51.0 Å². The van der Waals surface area contributed by atoms with E-state index in [9.17, 15) is 4.79 Å². The van der Waals surface area contributed by atoms with E-state index >= 15 is 0 Å². The predicted molar refractivity (Wildman–Crippen MR) is 122 cm³/mol. The SMILES string of the molecule is C[C@@H](NC(=O)[C@@H]1CCCN(c2ncccc2-c2noc(C3CCC3)n2)C1)c1ccccc1. The molecule has 7 nitrogen and oxygen atoms in total. The Labute approximate surface area is 188 Å². The Morgan fingerprint density at radius 3 is 2.75 bits per heavy atom. The zero-order valence-corrected chi connectivity index (χ0v) is 18.4. The number of carbonyl (C=O) groups is 1. The maximum Gasteiger partial charge on any atom is 0.230 e. The predicted octanol–water partition coefficient (Wildman–Crippen LogP) is 4.49. The highest BCUT2D eigenvalue weighted by Gasteiger charge is 2.30. The number of hydrogen-bond donors (Lipinski definition) is 1. The molecule has 0 radical (unpaired) electrons. The van der Waals surface area contributed by atoms with E-state index in [-0.39, 0.29) is 17.9 Å². The average molecular weight is 432 g/mol. The van der Waals surface area contributed by atoms with Crippen molar-refractivity contribution >= 4 is 11.7 Å². The molecular formula is C25H29N5O2. The van der Waals surface area contributed by atoms with Crippen LogP contribution < -0.4 is 10.2 Å². The molecule has 0 bridgehead atoms. The fourth-order valence-corrected chi connectivity index (χ4v) is 4.53. The molecule has 3 aromatic rings. The van der Waals surface area contributed by atoms with Gasteiger partial charge in [-0.25, -0.2) is 4.98 Å². The molecule has 1 aliphatic carbocycles. The van der Waals surface area contributed by atoms with E-state index in [4.69, 9.17) is 4.52 Å². The summed E-state index contributed by atoms with van der Waals surface area (Å²) in [5.41, 5.74) is 1.97. The number of amides is 1. The first-order chi connectivity index (χ1) is 15.7. The van der Waals surface area contributed by atoms with Gasteiger partial charge < -0.3 is 14.7 Å². The highest BCUT2D eigenvalue weighted by atomic mass is 16.5. The Kier molecular flexibility index (Phi) is 5.88. The number of hydrogen-bond acceptors (Lipinski definition) is 6. The summed E-state index contributed by atoms with van der Waals surface area (Å²) in [5.74, 6) is 2.54. The molecule has 0 unspecified atom stereocenters. The van der Waals surface area contributed by atoms with Gasteiger partial charge in [0.1, 0.15) is 5.82 Å². The molecule has 32 heavy (non-hydrogen) atoms. The summed E-state index contributed by atoms with van der Waals surface area (Å²) < 4.78 is 5.54. The molecule has 1 N–H and O–H groups in total. The van der Waals surface area contributed by atoms with Gasteiger partial charge in [-0.2, -0.15) is 4.98 Å². The molecule has 3 heterocycles. The second-order valence-corrected chi connectivity index (χ2v) is 8.88. The highest BCUT2D eigenvalue weighted by Crippen LogP contribution is 2.37. The Balaban J connectivity index is 1.30. The maximum atomic E-state index is 13.0. The van der Waals surface area contributed by atoms with Crippen LogP contribution in [0.15, 0.2) is 53.2 Å². The van der Waals surface area contributed by atoms with Crippen LogP contribution in [0.4, 0.5) is 5.82 Å². The minimum atomic E-state index is -0.0828. The lowest BCUT2D eigenvalue weighted by Crippen LogP contribution is -2.44. The summed E-state index contributed by atoms with van der Waals surface area (Å²) in [6.07, 6.45) is 7.05. The Bertz CT molecular complexity index is 1060. The smallest absolute Gasteiger partial charge is 0.230 e. The van der Waals surface area contributed by atoms with Gasteiger partial charge in [-0.15, -0.1) is 0 Å². The normalized spacial score (nSPS) is 19.9. The lowest BCUT2D eigenvalue weighted by atomic mass is 9.85. The van der Waals surface area contributed by atoms with Gasteiger partial charge >= 0.3 is 0 Å². The van der Waals surface area contributed by atoms with Crippen LogP contribution in [0.2, 0.25) is 0 Å². The van der Waals surface area contributed by atoms with E-state index in [1.807, 2.05) is 49.4 Å². The first kappa shape index (κ1) is 20.7. The van der Waals surface area contributed by atoms with Crippen molar-refractivity contribution in [2.24, 2.45) is 5.92 Å². The fourth-order valence-electron chi connectivity index (χ4n) is 4.53. The third kappa shape index (κ3) is 4.24. The molecule has 0 spiro atoms. The highest BCUT2D eigenvalue weighted by molar-refractivity contribution is 5.80. The zero-order valence-electron chi connectivity index (χ0n) is 18.4. The van der Waals surface area contributed by atoms with E-state index in [0.29, 0.717) is 18.3 Å². The molecule has 1 aliphatic heterocycles. The molecule has 1 amide bonds. The van der Waals surface area contributed by atoms with E-state index < -0.39 is 0 Å². The van der Waals surface area contributed by atoms with E-state index in [2.05, 4.69) is 25.3 Å². The number of benzene rings is 1. The average Bonchev–Trinajstić information content (AvgIpc) is 3.28. The van der Waals surface area contributed by atoms with Crippen molar-refractivity contribution in [3.63, 3.8) is 0 Å². The van der Waals surface area contributed by atoms with Crippen molar-refractivity contribution < 1.29 is 9.32 Å². The second-order valence-electron chi connectivity index (χ2n) is 8.88. The van der Waals surface area contributed by atoms with Crippen LogP contribution in [0.5, 0.6) is 0 Å². The van der Waals surface area contributed by atoms with Crippen LogP contribution in [0.1, 0.15) is 62.4 Å². The minimum Gasteiger partial charge on any atom is -0.355 e. The van der Waals surface area contributed by atoms with Crippen LogP contribution in [0.25, 0.3) is 11.4 Å². The quantitative estimate of drug-likeness (QED) is 0.619.